The quantitative estimate of drug-likeness (QED) is 0.710. The molecule has 0 saturated carbocycles. The smallest absolute Gasteiger partial charge is 0.241 e. The summed E-state index contributed by atoms with van der Waals surface area (Å²) in [6, 6.07) is 8.12. The Morgan fingerprint density at radius 1 is 1.12 bits per heavy atom. The SMILES string of the molecule is CCN(CC)Cc1ccc(CNC(=O)C2(S(C)(=O)=O)CCNCC2)cc1. The van der Waals surface area contributed by atoms with Gasteiger partial charge in [-0.25, -0.2) is 8.42 Å². The minimum absolute atomic E-state index is 0.320. The first kappa shape index (κ1) is 20.9. The highest BCUT2D eigenvalue weighted by molar-refractivity contribution is 7.92. The molecular weight excluding hydrogens is 350 g/mol. The van der Waals surface area contributed by atoms with Crippen molar-refractivity contribution in [2.75, 3.05) is 32.4 Å². The summed E-state index contributed by atoms with van der Waals surface area (Å²) < 4.78 is 23.2. The van der Waals surface area contributed by atoms with Gasteiger partial charge < -0.3 is 10.6 Å². The van der Waals surface area contributed by atoms with Gasteiger partial charge in [-0.15, -0.1) is 0 Å². The van der Waals surface area contributed by atoms with Gasteiger partial charge in [0.1, 0.15) is 0 Å². The zero-order valence-corrected chi connectivity index (χ0v) is 16.9. The van der Waals surface area contributed by atoms with E-state index < -0.39 is 14.6 Å². The van der Waals surface area contributed by atoms with Crippen molar-refractivity contribution >= 4 is 15.7 Å². The fraction of sp³-hybridized carbons (Fsp3) is 0.632. The van der Waals surface area contributed by atoms with Crippen molar-refractivity contribution < 1.29 is 13.2 Å². The molecule has 1 aromatic carbocycles. The maximum absolute atomic E-state index is 12.7. The number of benzene rings is 1. The van der Waals surface area contributed by atoms with Gasteiger partial charge in [0, 0.05) is 19.3 Å². The molecule has 2 rings (SSSR count). The fourth-order valence-electron chi connectivity index (χ4n) is 3.41. The maximum Gasteiger partial charge on any atom is 0.241 e. The van der Waals surface area contributed by atoms with Crippen LogP contribution in [0.2, 0.25) is 0 Å². The number of hydrogen-bond donors (Lipinski definition) is 2. The van der Waals surface area contributed by atoms with Crippen LogP contribution in [0, 0.1) is 0 Å². The second-order valence-corrected chi connectivity index (χ2v) is 9.30. The van der Waals surface area contributed by atoms with Crippen molar-refractivity contribution in [2.45, 2.75) is 44.5 Å². The molecule has 0 atom stereocenters. The Morgan fingerprint density at radius 2 is 1.65 bits per heavy atom. The van der Waals surface area contributed by atoms with E-state index >= 15 is 0 Å². The second-order valence-electron chi connectivity index (χ2n) is 6.98. The lowest BCUT2D eigenvalue weighted by molar-refractivity contribution is -0.124. The van der Waals surface area contributed by atoms with E-state index in [0.717, 1.165) is 25.2 Å². The van der Waals surface area contributed by atoms with E-state index in [-0.39, 0.29) is 5.91 Å². The van der Waals surface area contributed by atoms with E-state index in [1.165, 1.54) is 11.8 Å². The van der Waals surface area contributed by atoms with Crippen molar-refractivity contribution in [1.82, 2.24) is 15.5 Å². The molecule has 146 valence electrons. The summed E-state index contributed by atoms with van der Waals surface area (Å²) in [7, 11) is -3.47. The van der Waals surface area contributed by atoms with Crippen molar-refractivity contribution in [1.29, 1.82) is 0 Å². The van der Waals surface area contributed by atoms with E-state index in [0.29, 0.717) is 32.5 Å². The van der Waals surface area contributed by atoms with Crippen molar-refractivity contribution in [2.24, 2.45) is 0 Å². The third kappa shape index (κ3) is 4.84. The Labute approximate surface area is 157 Å². The minimum atomic E-state index is -3.47. The zero-order valence-electron chi connectivity index (χ0n) is 16.0. The maximum atomic E-state index is 12.7. The molecular formula is C19H31N3O3S. The molecule has 0 bridgehead atoms. The summed E-state index contributed by atoms with van der Waals surface area (Å²) in [4.78, 5) is 15.0. The van der Waals surface area contributed by atoms with Gasteiger partial charge in [0.15, 0.2) is 14.6 Å². The van der Waals surface area contributed by atoms with Crippen LogP contribution in [0.1, 0.15) is 37.8 Å². The lowest BCUT2D eigenvalue weighted by Gasteiger charge is -2.34. The Bertz CT molecular complexity index is 691. The van der Waals surface area contributed by atoms with Gasteiger partial charge in [0.2, 0.25) is 5.91 Å². The summed E-state index contributed by atoms with van der Waals surface area (Å²) >= 11 is 0. The Morgan fingerprint density at radius 3 is 2.15 bits per heavy atom. The van der Waals surface area contributed by atoms with Gasteiger partial charge in [0.25, 0.3) is 0 Å². The third-order valence-corrected chi connectivity index (χ3v) is 7.32. The lowest BCUT2D eigenvalue weighted by Crippen LogP contribution is -2.57. The van der Waals surface area contributed by atoms with E-state index in [4.69, 9.17) is 0 Å². The molecule has 1 aliphatic heterocycles. The van der Waals surface area contributed by atoms with Crippen LogP contribution in [0.25, 0.3) is 0 Å². The molecule has 26 heavy (non-hydrogen) atoms. The third-order valence-electron chi connectivity index (χ3n) is 5.31. The van der Waals surface area contributed by atoms with E-state index in [2.05, 4.69) is 41.5 Å². The minimum Gasteiger partial charge on any atom is -0.351 e. The van der Waals surface area contributed by atoms with Crippen LogP contribution < -0.4 is 10.6 Å². The first-order valence-corrected chi connectivity index (χ1v) is 11.2. The molecule has 1 amide bonds. The molecule has 0 spiro atoms. The summed E-state index contributed by atoms with van der Waals surface area (Å²) in [6.07, 6.45) is 1.81. The molecule has 0 aromatic heterocycles. The van der Waals surface area contributed by atoms with Gasteiger partial charge in [0.05, 0.1) is 0 Å². The van der Waals surface area contributed by atoms with Crippen LogP contribution in [0.15, 0.2) is 24.3 Å². The summed E-state index contributed by atoms with van der Waals surface area (Å²) in [5, 5.41) is 5.97. The van der Waals surface area contributed by atoms with Gasteiger partial charge in [-0.05, 0) is 50.1 Å². The highest BCUT2D eigenvalue weighted by atomic mass is 32.2. The molecule has 0 unspecified atom stereocenters. The topological polar surface area (TPSA) is 78.5 Å². The van der Waals surface area contributed by atoms with Crippen LogP contribution in [0.5, 0.6) is 0 Å². The number of hydrogen-bond acceptors (Lipinski definition) is 5. The molecule has 1 saturated heterocycles. The number of carbonyl (C=O) groups is 1. The Balaban J connectivity index is 2.00. The molecule has 1 fully saturated rings. The van der Waals surface area contributed by atoms with Crippen LogP contribution in [0.3, 0.4) is 0 Å². The lowest BCUT2D eigenvalue weighted by atomic mass is 9.95. The average Bonchev–Trinajstić information content (AvgIpc) is 2.64. The fourth-order valence-corrected chi connectivity index (χ4v) is 4.76. The highest BCUT2D eigenvalue weighted by Crippen LogP contribution is 2.28. The molecule has 0 radical (unpaired) electrons. The van der Waals surface area contributed by atoms with Crippen LogP contribution in [0.4, 0.5) is 0 Å². The van der Waals surface area contributed by atoms with E-state index in [9.17, 15) is 13.2 Å². The average molecular weight is 382 g/mol. The summed E-state index contributed by atoms with van der Waals surface area (Å²) in [6.45, 7) is 8.64. The highest BCUT2D eigenvalue weighted by Gasteiger charge is 2.48. The largest absolute Gasteiger partial charge is 0.351 e. The van der Waals surface area contributed by atoms with Crippen molar-refractivity contribution in [3.05, 3.63) is 35.4 Å². The Kier molecular flexibility index (Phi) is 7.20. The first-order valence-electron chi connectivity index (χ1n) is 9.31. The van der Waals surface area contributed by atoms with Crippen molar-refractivity contribution in [3.63, 3.8) is 0 Å². The van der Waals surface area contributed by atoms with Crippen molar-refractivity contribution in [3.8, 4) is 0 Å². The number of carbonyl (C=O) groups excluding carboxylic acids is 1. The predicted octanol–water partition coefficient (Wildman–Crippen LogP) is 1.31. The van der Waals surface area contributed by atoms with Crippen LogP contribution >= 0.6 is 0 Å². The number of piperidine rings is 1. The zero-order chi connectivity index (χ0) is 19.2. The molecule has 1 aromatic rings. The van der Waals surface area contributed by atoms with Crippen LogP contribution in [-0.2, 0) is 27.7 Å². The number of nitrogens with one attached hydrogen (secondary N) is 2. The number of sulfone groups is 1. The predicted molar refractivity (Wildman–Crippen MR) is 105 cm³/mol. The number of amides is 1. The Hall–Kier alpha value is -1.44. The molecule has 0 aliphatic carbocycles. The van der Waals surface area contributed by atoms with Gasteiger partial charge in [-0.3, -0.25) is 9.69 Å². The second kappa shape index (κ2) is 8.97. The van der Waals surface area contributed by atoms with Gasteiger partial charge in [-0.2, -0.15) is 0 Å². The van der Waals surface area contributed by atoms with Gasteiger partial charge >= 0.3 is 0 Å². The standard InChI is InChI=1S/C19H31N3O3S/c1-4-22(5-2)15-17-8-6-16(7-9-17)14-21-18(23)19(26(3,24)25)10-12-20-13-11-19/h6-9,20H,4-5,10-15H2,1-3H3,(H,21,23). The first-order chi connectivity index (χ1) is 12.3. The normalized spacial score (nSPS) is 17.2. The molecule has 1 aliphatic rings. The summed E-state index contributed by atoms with van der Waals surface area (Å²) in [5.41, 5.74) is 2.20. The molecule has 2 N–H and O–H groups in total. The molecule has 1 heterocycles. The van der Waals surface area contributed by atoms with E-state index in [1.54, 1.807) is 0 Å². The number of nitrogens with zero attached hydrogens (tertiary/aromatic N) is 1. The number of rotatable bonds is 8. The van der Waals surface area contributed by atoms with Gasteiger partial charge in [-0.1, -0.05) is 38.1 Å². The van der Waals surface area contributed by atoms with Crippen LogP contribution in [-0.4, -0.2) is 56.4 Å². The molecule has 7 heteroatoms. The summed E-state index contributed by atoms with van der Waals surface area (Å²) in [5.74, 6) is -0.381. The monoisotopic (exact) mass is 381 g/mol. The van der Waals surface area contributed by atoms with E-state index in [1.807, 2.05) is 12.1 Å². The molecule has 6 nitrogen and oxygen atoms in total.